The maximum atomic E-state index is 6.03. The maximum Gasteiger partial charge on any atom is 0.0470 e. The normalized spacial score (nSPS) is 12.9. The summed E-state index contributed by atoms with van der Waals surface area (Å²) in [6.45, 7) is 7.47. The second-order valence-corrected chi connectivity index (χ2v) is 5.96. The molecule has 0 spiro atoms. The van der Waals surface area contributed by atoms with E-state index in [4.69, 9.17) is 5.73 Å². The van der Waals surface area contributed by atoms with Crippen LogP contribution in [0, 0.1) is 0 Å². The highest BCUT2D eigenvalue weighted by atomic mass is 79.9. The Labute approximate surface area is 126 Å². The third-order valence-corrected chi connectivity index (χ3v) is 4.05. The molecule has 3 heteroatoms. The van der Waals surface area contributed by atoms with E-state index >= 15 is 0 Å². The van der Waals surface area contributed by atoms with Crippen molar-refractivity contribution in [2.75, 3.05) is 19.6 Å². The molecular weight excluding hydrogens is 300 g/mol. The molecule has 0 saturated heterocycles. The van der Waals surface area contributed by atoms with E-state index in [9.17, 15) is 0 Å². The molecule has 0 bridgehead atoms. The largest absolute Gasteiger partial charge is 0.329 e. The van der Waals surface area contributed by atoms with E-state index < -0.39 is 0 Å². The Morgan fingerprint density at radius 2 is 1.58 bits per heavy atom. The van der Waals surface area contributed by atoms with Crippen molar-refractivity contribution >= 4 is 15.9 Å². The Morgan fingerprint density at radius 1 is 1.05 bits per heavy atom. The summed E-state index contributed by atoms with van der Waals surface area (Å²) in [6, 6.07) is 8.94. The lowest BCUT2D eigenvalue weighted by Gasteiger charge is -2.31. The van der Waals surface area contributed by atoms with Crippen LogP contribution in [0.3, 0.4) is 0 Å². The zero-order valence-corrected chi connectivity index (χ0v) is 13.8. The van der Waals surface area contributed by atoms with Crippen LogP contribution < -0.4 is 5.73 Å². The van der Waals surface area contributed by atoms with Crippen LogP contribution in [0.15, 0.2) is 28.7 Å². The first-order valence-corrected chi connectivity index (χ1v) is 8.21. The van der Waals surface area contributed by atoms with Crippen molar-refractivity contribution in [3.05, 3.63) is 34.3 Å². The minimum atomic E-state index is 0.353. The first-order chi connectivity index (χ1) is 9.22. The first-order valence-electron chi connectivity index (χ1n) is 7.42. The van der Waals surface area contributed by atoms with E-state index in [2.05, 4.69) is 58.9 Å². The van der Waals surface area contributed by atoms with Gasteiger partial charge in [0.05, 0.1) is 0 Å². The van der Waals surface area contributed by atoms with Crippen LogP contribution in [0.4, 0.5) is 0 Å². The van der Waals surface area contributed by atoms with E-state index in [0.717, 1.165) is 17.6 Å². The van der Waals surface area contributed by atoms with Gasteiger partial charge < -0.3 is 5.73 Å². The molecule has 1 atom stereocenters. The van der Waals surface area contributed by atoms with Crippen LogP contribution in [-0.2, 0) is 0 Å². The number of hydrogen-bond acceptors (Lipinski definition) is 2. The highest BCUT2D eigenvalue weighted by Gasteiger charge is 2.17. The lowest BCUT2D eigenvalue weighted by Crippen LogP contribution is -2.35. The third-order valence-electron chi connectivity index (χ3n) is 3.52. The summed E-state index contributed by atoms with van der Waals surface area (Å²) in [7, 11) is 0. The van der Waals surface area contributed by atoms with Gasteiger partial charge in [-0.3, -0.25) is 4.90 Å². The fraction of sp³-hybridized carbons (Fsp3) is 0.625. The number of halogens is 1. The van der Waals surface area contributed by atoms with E-state index in [1.54, 1.807) is 0 Å². The highest BCUT2D eigenvalue weighted by molar-refractivity contribution is 9.10. The van der Waals surface area contributed by atoms with Gasteiger partial charge in [0, 0.05) is 17.1 Å². The summed E-state index contributed by atoms with van der Waals surface area (Å²) >= 11 is 3.49. The van der Waals surface area contributed by atoms with Gasteiger partial charge >= 0.3 is 0 Å². The summed E-state index contributed by atoms with van der Waals surface area (Å²) in [4.78, 5) is 2.55. The van der Waals surface area contributed by atoms with Crippen molar-refractivity contribution in [1.29, 1.82) is 0 Å². The van der Waals surface area contributed by atoms with Crippen molar-refractivity contribution in [2.24, 2.45) is 5.73 Å². The van der Waals surface area contributed by atoms with E-state index in [0.29, 0.717) is 12.6 Å². The molecule has 19 heavy (non-hydrogen) atoms. The Kier molecular flexibility index (Phi) is 8.35. The van der Waals surface area contributed by atoms with Crippen LogP contribution in [0.5, 0.6) is 0 Å². The smallest absolute Gasteiger partial charge is 0.0470 e. The van der Waals surface area contributed by atoms with Crippen molar-refractivity contribution < 1.29 is 0 Å². The summed E-state index contributed by atoms with van der Waals surface area (Å²) < 4.78 is 1.13. The maximum absolute atomic E-state index is 6.03. The lowest BCUT2D eigenvalue weighted by atomic mass is 10.0. The van der Waals surface area contributed by atoms with E-state index in [1.165, 1.54) is 31.2 Å². The molecule has 0 saturated carbocycles. The van der Waals surface area contributed by atoms with Crippen molar-refractivity contribution in [1.82, 2.24) is 4.90 Å². The molecule has 108 valence electrons. The Bertz CT molecular complexity index is 329. The number of unbranched alkanes of at least 4 members (excludes halogenated alkanes) is 2. The zero-order chi connectivity index (χ0) is 14.1. The van der Waals surface area contributed by atoms with Crippen LogP contribution in [0.1, 0.15) is 51.1 Å². The van der Waals surface area contributed by atoms with Crippen molar-refractivity contribution in [3.8, 4) is 0 Å². The van der Waals surface area contributed by atoms with Crippen LogP contribution in [0.25, 0.3) is 0 Å². The van der Waals surface area contributed by atoms with Crippen molar-refractivity contribution in [3.63, 3.8) is 0 Å². The van der Waals surface area contributed by atoms with Crippen LogP contribution in [-0.4, -0.2) is 24.5 Å². The minimum absolute atomic E-state index is 0.353. The second-order valence-electron chi connectivity index (χ2n) is 5.05. The molecule has 0 aliphatic heterocycles. The molecular formula is C16H27BrN2. The van der Waals surface area contributed by atoms with Gasteiger partial charge in [-0.2, -0.15) is 0 Å². The first kappa shape index (κ1) is 16.7. The Morgan fingerprint density at radius 3 is 2.00 bits per heavy atom. The fourth-order valence-corrected chi connectivity index (χ4v) is 2.59. The molecule has 0 heterocycles. The summed E-state index contributed by atoms with van der Waals surface area (Å²) in [5.74, 6) is 0. The third kappa shape index (κ3) is 5.64. The molecule has 1 aromatic carbocycles. The average molecular weight is 327 g/mol. The highest BCUT2D eigenvalue weighted by Crippen LogP contribution is 2.22. The SMILES string of the molecule is CCCCN(CCCC)C(CN)c1ccc(Br)cc1. The molecule has 0 aliphatic rings. The molecule has 0 fully saturated rings. The average Bonchev–Trinajstić information content (AvgIpc) is 2.43. The number of rotatable bonds is 9. The quantitative estimate of drug-likeness (QED) is 0.730. The number of nitrogens with two attached hydrogens (primary N) is 1. The van der Waals surface area contributed by atoms with Gasteiger partial charge in [0.15, 0.2) is 0 Å². The van der Waals surface area contributed by atoms with Gasteiger partial charge in [0.2, 0.25) is 0 Å². The molecule has 2 N–H and O–H groups in total. The molecule has 1 unspecified atom stereocenters. The predicted molar refractivity (Wildman–Crippen MR) is 87.3 cm³/mol. The van der Waals surface area contributed by atoms with Gasteiger partial charge in [-0.05, 0) is 43.6 Å². The molecule has 0 amide bonds. The van der Waals surface area contributed by atoms with Gasteiger partial charge in [0.1, 0.15) is 0 Å². The number of benzene rings is 1. The molecule has 0 aromatic heterocycles. The van der Waals surface area contributed by atoms with Gasteiger partial charge in [-0.1, -0.05) is 54.8 Å². The monoisotopic (exact) mass is 326 g/mol. The molecule has 1 aromatic rings. The fourth-order valence-electron chi connectivity index (χ4n) is 2.33. The van der Waals surface area contributed by atoms with Gasteiger partial charge in [-0.15, -0.1) is 0 Å². The van der Waals surface area contributed by atoms with Crippen molar-refractivity contribution in [2.45, 2.75) is 45.6 Å². The minimum Gasteiger partial charge on any atom is -0.329 e. The Balaban J connectivity index is 2.78. The zero-order valence-electron chi connectivity index (χ0n) is 12.2. The Hall–Kier alpha value is -0.380. The van der Waals surface area contributed by atoms with Crippen LogP contribution >= 0.6 is 15.9 Å². The van der Waals surface area contributed by atoms with E-state index in [-0.39, 0.29) is 0 Å². The standard InChI is InChI=1S/C16H27BrN2/c1-3-5-11-19(12-6-4-2)16(13-18)14-7-9-15(17)10-8-14/h7-10,16H,3-6,11-13,18H2,1-2H3. The summed E-state index contributed by atoms with van der Waals surface area (Å²) in [5.41, 5.74) is 7.37. The number of hydrogen-bond donors (Lipinski definition) is 1. The van der Waals surface area contributed by atoms with Crippen LogP contribution in [0.2, 0.25) is 0 Å². The lowest BCUT2D eigenvalue weighted by molar-refractivity contribution is 0.195. The van der Waals surface area contributed by atoms with Gasteiger partial charge in [0.25, 0.3) is 0 Å². The summed E-state index contributed by atoms with van der Waals surface area (Å²) in [5, 5.41) is 0. The van der Waals surface area contributed by atoms with Gasteiger partial charge in [-0.25, -0.2) is 0 Å². The summed E-state index contributed by atoms with van der Waals surface area (Å²) in [6.07, 6.45) is 4.97. The molecule has 0 radical (unpaired) electrons. The molecule has 0 aliphatic carbocycles. The second kappa shape index (κ2) is 9.51. The molecule has 1 rings (SSSR count). The topological polar surface area (TPSA) is 29.3 Å². The number of nitrogens with zero attached hydrogens (tertiary/aromatic N) is 1. The van der Waals surface area contributed by atoms with E-state index in [1.807, 2.05) is 0 Å². The predicted octanol–water partition coefficient (Wildman–Crippen LogP) is 4.35. The molecule has 2 nitrogen and oxygen atoms in total.